The average Bonchev–Trinajstić information content (AvgIpc) is 3.00. The maximum atomic E-state index is 13.0. The summed E-state index contributed by atoms with van der Waals surface area (Å²) in [6.45, 7) is 9.91. The molecule has 0 N–H and O–H groups in total. The Labute approximate surface area is 159 Å². The molecule has 1 aromatic heterocycles. The van der Waals surface area contributed by atoms with E-state index in [1.165, 1.54) is 12.1 Å². The fourth-order valence-corrected chi connectivity index (χ4v) is 3.68. The van der Waals surface area contributed by atoms with Crippen molar-refractivity contribution in [2.75, 3.05) is 19.6 Å². The maximum Gasteiger partial charge on any atom is 0.152 e. The van der Waals surface area contributed by atoms with Crippen molar-refractivity contribution in [3.63, 3.8) is 0 Å². The molecular formula is C22H27FN2O2. The molecule has 2 heterocycles. The predicted molar refractivity (Wildman–Crippen MR) is 106 cm³/mol. The lowest BCUT2D eigenvalue weighted by Crippen LogP contribution is -2.39. The quantitative estimate of drug-likeness (QED) is 0.703. The molecule has 27 heavy (non-hydrogen) atoms. The Hall–Kier alpha value is -2.40. The molecule has 1 fully saturated rings. The van der Waals surface area contributed by atoms with Crippen LogP contribution in [0.3, 0.4) is 0 Å². The highest BCUT2D eigenvalue weighted by Crippen LogP contribution is 2.19. The zero-order valence-corrected chi connectivity index (χ0v) is 15.9. The number of piperidine rings is 1. The first kappa shape index (κ1) is 19.4. The Kier molecular flexibility index (Phi) is 6.45. The molecule has 0 aliphatic carbocycles. The molecule has 144 valence electrons. The van der Waals surface area contributed by atoms with Crippen LogP contribution in [0, 0.1) is 5.82 Å². The molecule has 0 atom stereocenters. The second-order valence-electron chi connectivity index (χ2n) is 7.01. The van der Waals surface area contributed by atoms with Gasteiger partial charge in [-0.25, -0.2) is 4.39 Å². The summed E-state index contributed by atoms with van der Waals surface area (Å²) in [5.41, 5.74) is 0.709. The van der Waals surface area contributed by atoms with Crippen LogP contribution in [-0.4, -0.2) is 41.5 Å². The number of likely N-dealkylation sites (tertiary alicyclic amines) is 1. The Balaban J connectivity index is 1.43. The van der Waals surface area contributed by atoms with Gasteiger partial charge in [-0.05, 0) is 57.0 Å². The lowest BCUT2D eigenvalue weighted by molar-refractivity contribution is 0.0991. The standard InChI is InChI=1S/C22H27FN2O2/c1-3-22-17(2)25(15-18(22)16-26)12-4-11-24-13-9-21(10-14-24)27-20-7-5-19(23)6-8-20/h3,5-8,15-16,21H,2,4,9-14H2,1H3/b22-3+. The van der Waals surface area contributed by atoms with Gasteiger partial charge in [0.25, 0.3) is 0 Å². The van der Waals surface area contributed by atoms with Crippen molar-refractivity contribution < 1.29 is 13.9 Å². The van der Waals surface area contributed by atoms with Crippen LogP contribution >= 0.6 is 0 Å². The summed E-state index contributed by atoms with van der Waals surface area (Å²) in [6, 6.07) is 6.23. The van der Waals surface area contributed by atoms with Crippen LogP contribution < -0.4 is 15.3 Å². The monoisotopic (exact) mass is 370 g/mol. The van der Waals surface area contributed by atoms with Crippen molar-refractivity contribution in [3.8, 4) is 5.75 Å². The first-order valence-electron chi connectivity index (χ1n) is 9.55. The number of aromatic nitrogens is 1. The molecule has 5 heteroatoms. The molecule has 0 radical (unpaired) electrons. The fraction of sp³-hybridized carbons (Fsp3) is 0.409. The van der Waals surface area contributed by atoms with Crippen LogP contribution in [0.2, 0.25) is 0 Å². The maximum absolute atomic E-state index is 13.0. The number of halogens is 1. The van der Waals surface area contributed by atoms with E-state index in [1.54, 1.807) is 12.1 Å². The summed E-state index contributed by atoms with van der Waals surface area (Å²) < 4.78 is 21.0. The van der Waals surface area contributed by atoms with Gasteiger partial charge in [0, 0.05) is 42.0 Å². The number of carbonyl (C=O) groups excluding carboxylic acids is 1. The highest BCUT2D eigenvalue weighted by atomic mass is 19.1. The Morgan fingerprint density at radius 3 is 2.52 bits per heavy atom. The van der Waals surface area contributed by atoms with Gasteiger partial charge in [-0.15, -0.1) is 0 Å². The zero-order chi connectivity index (χ0) is 19.2. The summed E-state index contributed by atoms with van der Waals surface area (Å²) in [7, 11) is 0. The van der Waals surface area contributed by atoms with Gasteiger partial charge < -0.3 is 14.2 Å². The summed E-state index contributed by atoms with van der Waals surface area (Å²) in [4.78, 5) is 13.6. The molecule has 0 amide bonds. The summed E-state index contributed by atoms with van der Waals surface area (Å²) in [5.74, 6) is 0.495. The molecule has 0 saturated carbocycles. The second-order valence-corrected chi connectivity index (χ2v) is 7.01. The Bertz CT molecular complexity index is 865. The first-order valence-corrected chi connectivity index (χ1v) is 9.55. The zero-order valence-electron chi connectivity index (χ0n) is 15.9. The van der Waals surface area contributed by atoms with Gasteiger partial charge >= 0.3 is 0 Å². The van der Waals surface area contributed by atoms with E-state index < -0.39 is 0 Å². The van der Waals surface area contributed by atoms with E-state index in [0.717, 1.165) is 68.0 Å². The Morgan fingerprint density at radius 2 is 1.93 bits per heavy atom. The molecule has 3 rings (SSSR count). The highest BCUT2D eigenvalue weighted by Gasteiger charge is 2.20. The normalized spacial score (nSPS) is 16.6. The number of carbonyl (C=O) groups is 1. The van der Waals surface area contributed by atoms with Crippen molar-refractivity contribution in [2.24, 2.45) is 0 Å². The lowest BCUT2D eigenvalue weighted by Gasteiger charge is -2.32. The molecule has 1 aliphatic rings. The van der Waals surface area contributed by atoms with Crippen molar-refractivity contribution in [2.45, 2.75) is 38.8 Å². The largest absolute Gasteiger partial charge is 0.490 e. The molecule has 1 aliphatic heterocycles. The third-order valence-electron chi connectivity index (χ3n) is 5.20. The number of hydrogen-bond acceptors (Lipinski definition) is 3. The number of hydrogen-bond donors (Lipinski definition) is 0. The average molecular weight is 370 g/mol. The predicted octanol–water partition coefficient (Wildman–Crippen LogP) is 2.58. The minimum Gasteiger partial charge on any atom is -0.490 e. The van der Waals surface area contributed by atoms with Crippen LogP contribution in [0.25, 0.3) is 12.7 Å². The van der Waals surface area contributed by atoms with E-state index in [0.29, 0.717) is 5.56 Å². The molecule has 2 aromatic rings. The van der Waals surface area contributed by atoms with Gasteiger partial charge in [-0.1, -0.05) is 12.7 Å². The number of ether oxygens (including phenoxy) is 1. The summed E-state index contributed by atoms with van der Waals surface area (Å²) in [6.07, 6.45) is 7.90. The van der Waals surface area contributed by atoms with E-state index in [4.69, 9.17) is 4.74 Å². The minimum atomic E-state index is -0.241. The van der Waals surface area contributed by atoms with E-state index in [2.05, 4.69) is 16.0 Å². The van der Waals surface area contributed by atoms with Crippen molar-refractivity contribution in [1.29, 1.82) is 0 Å². The van der Waals surface area contributed by atoms with Crippen LogP contribution in [0.1, 0.15) is 36.5 Å². The molecule has 0 spiro atoms. The number of aryl methyl sites for hydroxylation is 1. The molecule has 1 aromatic carbocycles. The topological polar surface area (TPSA) is 34.5 Å². The molecule has 1 saturated heterocycles. The van der Waals surface area contributed by atoms with Gasteiger partial charge in [0.15, 0.2) is 6.29 Å². The summed E-state index contributed by atoms with van der Waals surface area (Å²) >= 11 is 0. The number of rotatable bonds is 7. The van der Waals surface area contributed by atoms with E-state index >= 15 is 0 Å². The van der Waals surface area contributed by atoms with Crippen LogP contribution in [0.15, 0.2) is 30.5 Å². The number of nitrogens with zero attached hydrogens (tertiary/aromatic N) is 2. The first-order chi connectivity index (χ1) is 13.1. The van der Waals surface area contributed by atoms with Crippen LogP contribution in [-0.2, 0) is 6.54 Å². The summed E-state index contributed by atoms with van der Waals surface area (Å²) in [5, 5.41) is 1.84. The molecule has 0 unspecified atom stereocenters. The van der Waals surface area contributed by atoms with Gasteiger partial charge in [0.2, 0.25) is 0 Å². The van der Waals surface area contributed by atoms with Crippen molar-refractivity contribution >= 4 is 18.9 Å². The van der Waals surface area contributed by atoms with Gasteiger partial charge in [0.05, 0.1) is 0 Å². The van der Waals surface area contributed by atoms with Gasteiger partial charge in [-0.2, -0.15) is 0 Å². The van der Waals surface area contributed by atoms with E-state index in [9.17, 15) is 9.18 Å². The van der Waals surface area contributed by atoms with Crippen molar-refractivity contribution in [3.05, 3.63) is 52.4 Å². The number of aldehydes is 1. The Morgan fingerprint density at radius 1 is 1.22 bits per heavy atom. The smallest absolute Gasteiger partial charge is 0.152 e. The van der Waals surface area contributed by atoms with Gasteiger partial charge in [0.1, 0.15) is 17.7 Å². The molecule has 0 bridgehead atoms. The van der Waals surface area contributed by atoms with Crippen molar-refractivity contribution in [1.82, 2.24) is 9.47 Å². The van der Waals surface area contributed by atoms with E-state index in [1.807, 2.05) is 19.2 Å². The fourth-order valence-electron chi connectivity index (χ4n) is 3.68. The highest BCUT2D eigenvalue weighted by molar-refractivity contribution is 5.75. The van der Waals surface area contributed by atoms with Crippen LogP contribution in [0.5, 0.6) is 5.75 Å². The van der Waals surface area contributed by atoms with Crippen LogP contribution in [0.4, 0.5) is 4.39 Å². The third-order valence-corrected chi connectivity index (χ3v) is 5.20. The third kappa shape index (κ3) is 4.86. The molecular weight excluding hydrogens is 343 g/mol. The van der Waals surface area contributed by atoms with Gasteiger partial charge in [-0.3, -0.25) is 4.79 Å². The second kappa shape index (κ2) is 9.00. The lowest BCUT2D eigenvalue weighted by atomic mass is 10.1. The minimum absolute atomic E-state index is 0.195. The SMILES string of the molecule is C=c1/c(=C\C)c(C=O)cn1CCCN1CCC(Oc2ccc(F)cc2)CC1. The number of benzene rings is 1. The molecule has 4 nitrogen and oxygen atoms in total. The van der Waals surface area contributed by atoms with E-state index in [-0.39, 0.29) is 11.9 Å².